The molecule has 0 unspecified atom stereocenters. The van der Waals surface area contributed by atoms with Crippen molar-refractivity contribution in [3.05, 3.63) is 29.7 Å². The molecule has 1 aliphatic heterocycles. The van der Waals surface area contributed by atoms with Crippen LogP contribution in [-0.4, -0.2) is 43.1 Å². The molecule has 1 aromatic carbocycles. The summed E-state index contributed by atoms with van der Waals surface area (Å²) in [6.07, 6.45) is 1.22. The molecule has 108 valence electrons. The number of nitrogens with one attached hydrogen (secondary N) is 2. The monoisotopic (exact) mass is 274 g/mol. The van der Waals surface area contributed by atoms with E-state index < -0.39 is 0 Å². The van der Waals surface area contributed by atoms with E-state index in [0.29, 0.717) is 6.54 Å². The van der Waals surface area contributed by atoms with Gasteiger partial charge in [0.1, 0.15) is 5.52 Å². The Morgan fingerprint density at radius 1 is 1.35 bits per heavy atom. The van der Waals surface area contributed by atoms with Gasteiger partial charge in [-0.05, 0) is 44.3 Å². The Morgan fingerprint density at radius 2 is 2.30 bits per heavy atom. The highest BCUT2D eigenvalue weighted by Gasteiger charge is 2.11. The molecule has 0 atom stereocenters. The summed E-state index contributed by atoms with van der Waals surface area (Å²) >= 11 is 0. The number of aromatic nitrogens is 1. The van der Waals surface area contributed by atoms with Crippen molar-refractivity contribution in [3.8, 4) is 0 Å². The van der Waals surface area contributed by atoms with Crippen LogP contribution >= 0.6 is 0 Å². The molecule has 0 saturated carbocycles. The predicted molar refractivity (Wildman–Crippen MR) is 79.5 cm³/mol. The molecular weight excluding hydrogens is 252 g/mol. The first-order valence-electron chi connectivity index (χ1n) is 7.31. The summed E-state index contributed by atoms with van der Waals surface area (Å²) < 4.78 is 5.68. The minimum absolute atomic E-state index is 0.668. The van der Waals surface area contributed by atoms with Crippen LogP contribution in [0, 0.1) is 0 Å². The molecule has 1 fully saturated rings. The number of hydrogen-bond donors (Lipinski definition) is 2. The fourth-order valence-electron chi connectivity index (χ4n) is 2.66. The van der Waals surface area contributed by atoms with Gasteiger partial charge in [-0.15, -0.1) is 0 Å². The van der Waals surface area contributed by atoms with Gasteiger partial charge >= 0.3 is 0 Å². The van der Waals surface area contributed by atoms with E-state index >= 15 is 0 Å². The van der Waals surface area contributed by atoms with Gasteiger partial charge in [-0.25, -0.2) is 4.98 Å². The van der Waals surface area contributed by atoms with Gasteiger partial charge in [-0.3, -0.25) is 4.90 Å². The lowest BCUT2D eigenvalue weighted by Crippen LogP contribution is -2.27. The number of fused-ring (bicyclic) bond motifs is 1. The molecule has 5 nitrogen and oxygen atoms in total. The van der Waals surface area contributed by atoms with E-state index in [1.165, 1.54) is 12.0 Å². The molecule has 1 aromatic heterocycles. The van der Waals surface area contributed by atoms with Gasteiger partial charge < -0.3 is 15.1 Å². The van der Waals surface area contributed by atoms with E-state index in [0.717, 1.165) is 49.7 Å². The summed E-state index contributed by atoms with van der Waals surface area (Å²) in [5.41, 5.74) is 3.14. The van der Waals surface area contributed by atoms with Crippen molar-refractivity contribution in [2.24, 2.45) is 0 Å². The van der Waals surface area contributed by atoms with E-state index in [1.807, 2.05) is 13.1 Å². The van der Waals surface area contributed by atoms with Crippen LogP contribution in [0.5, 0.6) is 0 Å². The van der Waals surface area contributed by atoms with Crippen molar-refractivity contribution >= 4 is 11.1 Å². The lowest BCUT2D eigenvalue weighted by atomic mass is 10.2. The van der Waals surface area contributed by atoms with Crippen LogP contribution in [0.1, 0.15) is 17.9 Å². The number of hydrogen-bond acceptors (Lipinski definition) is 5. The van der Waals surface area contributed by atoms with Crippen LogP contribution in [0.25, 0.3) is 11.1 Å². The molecule has 0 spiro atoms. The highest BCUT2D eigenvalue weighted by atomic mass is 16.3. The summed E-state index contributed by atoms with van der Waals surface area (Å²) in [7, 11) is 1.90. The molecule has 3 rings (SSSR count). The highest BCUT2D eigenvalue weighted by molar-refractivity contribution is 5.73. The van der Waals surface area contributed by atoms with Crippen LogP contribution in [0.2, 0.25) is 0 Å². The predicted octanol–water partition coefficient (Wildman–Crippen LogP) is 1.34. The molecule has 20 heavy (non-hydrogen) atoms. The summed E-state index contributed by atoms with van der Waals surface area (Å²) in [5.74, 6) is 0.749. The quantitative estimate of drug-likeness (QED) is 0.881. The van der Waals surface area contributed by atoms with Crippen molar-refractivity contribution in [2.45, 2.75) is 19.5 Å². The van der Waals surface area contributed by atoms with Crippen LogP contribution < -0.4 is 10.6 Å². The first kappa shape index (κ1) is 13.5. The summed E-state index contributed by atoms with van der Waals surface area (Å²) in [6.45, 7) is 6.15. The van der Waals surface area contributed by atoms with E-state index in [4.69, 9.17) is 4.42 Å². The van der Waals surface area contributed by atoms with E-state index in [2.05, 4.69) is 32.7 Å². The number of benzene rings is 1. The smallest absolute Gasteiger partial charge is 0.209 e. The molecule has 5 heteroatoms. The van der Waals surface area contributed by atoms with Crippen molar-refractivity contribution in [1.29, 1.82) is 0 Å². The Hall–Kier alpha value is -1.43. The maximum atomic E-state index is 5.68. The molecule has 2 N–H and O–H groups in total. The Kier molecular flexibility index (Phi) is 4.30. The second-order valence-corrected chi connectivity index (χ2v) is 5.32. The van der Waals surface area contributed by atoms with Gasteiger partial charge in [0.05, 0.1) is 6.54 Å². The fraction of sp³-hybridized carbons (Fsp3) is 0.533. The lowest BCUT2D eigenvalue weighted by molar-refractivity contribution is 0.284. The van der Waals surface area contributed by atoms with Crippen LogP contribution in [0.15, 0.2) is 22.6 Å². The minimum Gasteiger partial charge on any atom is -0.439 e. The first-order chi connectivity index (χ1) is 9.85. The average Bonchev–Trinajstić information content (AvgIpc) is 2.66. The van der Waals surface area contributed by atoms with E-state index in [9.17, 15) is 0 Å². The second kappa shape index (κ2) is 6.35. The summed E-state index contributed by atoms with van der Waals surface area (Å²) in [5, 5.41) is 6.49. The Labute approximate surface area is 119 Å². The van der Waals surface area contributed by atoms with Crippen LogP contribution in [0.4, 0.5) is 0 Å². The summed E-state index contributed by atoms with van der Waals surface area (Å²) in [4.78, 5) is 7.01. The SMILES string of the molecule is CNCc1nc2cc(CN3CCCNCC3)ccc2o1. The molecule has 0 radical (unpaired) electrons. The Balaban J connectivity index is 1.74. The number of rotatable bonds is 4. The van der Waals surface area contributed by atoms with Crippen molar-refractivity contribution in [1.82, 2.24) is 20.5 Å². The first-order valence-corrected chi connectivity index (χ1v) is 7.31. The number of nitrogens with zero attached hydrogens (tertiary/aromatic N) is 2. The largest absolute Gasteiger partial charge is 0.439 e. The zero-order valence-electron chi connectivity index (χ0n) is 12.0. The molecule has 0 aliphatic carbocycles. The highest BCUT2D eigenvalue weighted by Crippen LogP contribution is 2.18. The molecule has 1 aliphatic rings. The molecule has 1 saturated heterocycles. The zero-order valence-corrected chi connectivity index (χ0v) is 12.0. The van der Waals surface area contributed by atoms with Crippen LogP contribution in [0.3, 0.4) is 0 Å². The Bertz CT molecular complexity index is 558. The van der Waals surface area contributed by atoms with Gasteiger partial charge in [0.25, 0.3) is 0 Å². The Morgan fingerprint density at radius 3 is 3.20 bits per heavy atom. The zero-order chi connectivity index (χ0) is 13.8. The minimum atomic E-state index is 0.668. The standard InChI is InChI=1S/C15H22N4O/c1-16-10-15-18-13-9-12(3-4-14(13)20-15)11-19-7-2-5-17-6-8-19/h3-4,9,16-17H,2,5-8,10-11H2,1H3. The second-order valence-electron chi connectivity index (χ2n) is 5.32. The fourth-order valence-corrected chi connectivity index (χ4v) is 2.66. The lowest BCUT2D eigenvalue weighted by Gasteiger charge is -2.19. The van der Waals surface area contributed by atoms with Gasteiger partial charge in [0, 0.05) is 19.6 Å². The molecule has 2 aromatic rings. The van der Waals surface area contributed by atoms with E-state index in [-0.39, 0.29) is 0 Å². The van der Waals surface area contributed by atoms with Crippen LogP contribution in [-0.2, 0) is 13.1 Å². The third kappa shape index (κ3) is 3.17. The van der Waals surface area contributed by atoms with Gasteiger partial charge in [0.15, 0.2) is 5.58 Å². The topological polar surface area (TPSA) is 53.3 Å². The van der Waals surface area contributed by atoms with Gasteiger partial charge in [-0.2, -0.15) is 0 Å². The van der Waals surface area contributed by atoms with Crippen molar-refractivity contribution in [3.63, 3.8) is 0 Å². The molecule has 0 amide bonds. The van der Waals surface area contributed by atoms with E-state index in [1.54, 1.807) is 0 Å². The normalized spacial score (nSPS) is 17.4. The average molecular weight is 274 g/mol. The van der Waals surface area contributed by atoms with Crippen molar-refractivity contribution in [2.75, 3.05) is 33.2 Å². The van der Waals surface area contributed by atoms with Crippen molar-refractivity contribution < 1.29 is 4.42 Å². The third-order valence-electron chi connectivity index (χ3n) is 3.66. The third-order valence-corrected chi connectivity index (χ3v) is 3.66. The number of oxazole rings is 1. The molecule has 2 heterocycles. The van der Waals surface area contributed by atoms with Gasteiger partial charge in [0.2, 0.25) is 5.89 Å². The molecular formula is C15H22N4O. The summed E-state index contributed by atoms with van der Waals surface area (Å²) in [6, 6.07) is 6.33. The maximum absolute atomic E-state index is 5.68. The molecule has 0 bridgehead atoms. The maximum Gasteiger partial charge on any atom is 0.209 e. The van der Waals surface area contributed by atoms with Gasteiger partial charge in [-0.1, -0.05) is 6.07 Å².